The van der Waals surface area contributed by atoms with Crippen LogP contribution >= 0.6 is 34.7 Å². The average Bonchev–Trinajstić information content (AvgIpc) is 3.34. The maximum Gasteiger partial charge on any atom is 0.338 e. The van der Waals surface area contributed by atoms with Crippen LogP contribution in [0, 0.1) is 0 Å². The molecule has 10 heteroatoms. The molecule has 0 saturated carbocycles. The molecule has 5 rings (SSSR count). The lowest BCUT2D eigenvalue weighted by molar-refractivity contribution is -0.139. The Labute approximate surface area is 281 Å². The van der Waals surface area contributed by atoms with E-state index < -0.39 is 12.0 Å². The van der Waals surface area contributed by atoms with Gasteiger partial charge < -0.3 is 14.2 Å². The molecule has 3 aromatic carbocycles. The third kappa shape index (κ3) is 7.02. The van der Waals surface area contributed by atoms with Crippen LogP contribution in [0.15, 0.2) is 99.3 Å². The number of fused-ring (bicyclic) bond motifs is 1. The minimum absolute atomic E-state index is 0.214. The molecule has 0 bridgehead atoms. The number of hydrogen-bond donors (Lipinski definition) is 0. The Bertz CT molecular complexity index is 1980. The Balaban J connectivity index is 1.63. The summed E-state index contributed by atoms with van der Waals surface area (Å²) in [5.41, 5.74) is 3.91. The van der Waals surface area contributed by atoms with Crippen molar-refractivity contribution in [1.29, 1.82) is 0 Å². The summed E-state index contributed by atoms with van der Waals surface area (Å²) in [6.45, 7) is 10.3. The zero-order valence-electron chi connectivity index (χ0n) is 26.2. The fourth-order valence-corrected chi connectivity index (χ4v) is 6.96. The van der Waals surface area contributed by atoms with Crippen LogP contribution < -0.4 is 24.4 Å². The molecule has 0 radical (unpaired) electrons. The number of hydrogen-bond acceptors (Lipinski definition) is 8. The van der Waals surface area contributed by atoms with Crippen molar-refractivity contribution >= 4 is 46.7 Å². The van der Waals surface area contributed by atoms with E-state index in [0.29, 0.717) is 50.2 Å². The van der Waals surface area contributed by atoms with E-state index in [1.165, 1.54) is 11.3 Å². The van der Waals surface area contributed by atoms with Crippen molar-refractivity contribution in [3.05, 3.63) is 132 Å². The number of carbonyl (C=O) groups excluding carboxylic acids is 1. The predicted octanol–water partition coefficient (Wildman–Crippen LogP) is 6.88. The molecule has 0 spiro atoms. The van der Waals surface area contributed by atoms with Crippen molar-refractivity contribution in [3.8, 4) is 11.5 Å². The number of ether oxygens (including phenoxy) is 3. The highest BCUT2D eigenvalue weighted by Crippen LogP contribution is 2.36. The van der Waals surface area contributed by atoms with Gasteiger partial charge in [-0.25, -0.2) is 9.79 Å². The largest absolute Gasteiger partial charge is 0.490 e. The summed E-state index contributed by atoms with van der Waals surface area (Å²) in [7, 11) is 0. The average molecular weight is 675 g/mol. The minimum atomic E-state index is -0.677. The van der Waals surface area contributed by atoms with Crippen molar-refractivity contribution in [3.63, 3.8) is 0 Å². The van der Waals surface area contributed by atoms with Gasteiger partial charge in [-0.1, -0.05) is 59.3 Å². The molecule has 2 heterocycles. The zero-order valence-corrected chi connectivity index (χ0v) is 28.6. The van der Waals surface area contributed by atoms with Crippen LogP contribution in [0.25, 0.3) is 6.08 Å². The van der Waals surface area contributed by atoms with Gasteiger partial charge in [0.2, 0.25) is 0 Å². The first-order valence-corrected chi connectivity index (χ1v) is 17.3. The molecule has 46 heavy (non-hydrogen) atoms. The minimum Gasteiger partial charge on any atom is -0.490 e. The van der Waals surface area contributed by atoms with Crippen LogP contribution in [-0.2, 0) is 22.6 Å². The molecule has 0 unspecified atom stereocenters. The van der Waals surface area contributed by atoms with Gasteiger partial charge in [0.15, 0.2) is 16.3 Å². The van der Waals surface area contributed by atoms with Gasteiger partial charge in [0, 0.05) is 21.0 Å². The third-order valence-electron chi connectivity index (χ3n) is 7.39. The number of halogens is 1. The van der Waals surface area contributed by atoms with E-state index in [9.17, 15) is 9.59 Å². The predicted molar refractivity (Wildman–Crippen MR) is 186 cm³/mol. The second-order valence-electron chi connectivity index (χ2n) is 10.4. The number of thiazole rings is 1. The van der Waals surface area contributed by atoms with Crippen molar-refractivity contribution in [2.75, 3.05) is 19.5 Å². The maximum atomic E-state index is 14.2. The summed E-state index contributed by atoms with van der Waals surface area (Å²) in [5.74, 6) is 0.670. The number of benzene rings is 3. The van der Waals surface area contributed by atoms with Crippen LogP contribution in [0.5, 0.6) is 11.5 Å². The molecule has 238 valence electrons. The summed E-state index contributed by atoms with van der Waals surface area (Å²) >= 11 is 9.28. The fraction of sp³-hybridized carbons (Fsp3) is 0.250. The fourth-order valence-electron chi connectivity index (χ4n) is 5.31. The highest BCUT2D eigenvalue weighted by Gasteiger charge is 2.33. The molecule has 7 nitrogen and oxygen atoms in total. The van der Waals surface area contributed by atoms with Crippen LogP contribution in [0.3, 0.4) is 0 Å². The van der Waals surface area contributed by atoms with Crippen LogP contribution in [-0.4, -0.2) is 30.0 Å². The Morgan fingerprint density at radius 1 is 1.09 bits per heavy atom. The van der Waals surface area contributed by atoms with Crippen LogP contribution in [0.4, 0.5) is 0 Å². The molecule has 1 aromatic heterocycles. The second-order valence-corrected chi connectivity index (χ2v) is 12.7. The van der Waals surface area contributed by atoms with Gasteiger partial charge in [0.1, 0.15) is 6.61 Å². The smallest absolute Gasteiger partial charge is 0.338 e. The summed E-state index contributed by atoms with van der Waals surface area (Å²) in [4.78, 5) is 33.7. The standard InChI is InChI=1S/C36H35ClN2O5S2/c1-6-11-25-18-23(19-29(42-7-2)33(25)44-21-26-12-9-10-13-28(26)37)20-30-34(40)39-32(24-14-16-27(45-5)17-15-24)31(35(41)43-8-3)22(4)38-36(39)46-30/h6,9-10,12-20,32H,1,7-8,11,21H2,2-5H3/b30-20+/t32-/m1/s1. The maximum absolute atomic E-state index is 14.2. The molecule has 1 aliphatic heterocycles. The van der Waals surface area contributed by atoms with Gasteiger partial charge >= 0.3 is 5.97 Å². The molecule has 4 aromatic rings. The molecular formula is C36H35ClN2O5S2. The molecule has 1 aliphatic rings. The molecular weight excluding hydrogens is 640 g/mol. The van der Waals surface area contributed by atoms with Crippen molar-refractivity contribution in [2.24, 2.45) is 4.99 Å². The zero-order chi connectivity index (χ0) is 32.8. The topological polar surface area (TPSA) is 79.1 Å². The first-order chi connectivity index (χ1) is 22.3. The lowest BCUT2D eigenvalue weighted by atomic mass is 9.96. The van der Waals surface area contributed by atoms with E-state index >= 15 is 0 Å². The van der Waals surface area contributed by atoms with Crippen molar-refractivity contribution in [1.82, 2.24) is 4.57 Å². The number of nitrogens with zero attached hydrogens (tertiary/aromatic N) is 2. The number of rotatable bonds is 12. The Morgan fingerprint density at radius 3 is 2.52 bits per heavy atom. The summed E-state index contributed by atoms with van der Waals surface area (Å²) in [6.07, 6.45) is 6.15. The van der Waals surface area contributed by atoms with Gasteiger partial charge in [0.25, 0.3) is 5.56 Å². The summed E-state index contributed by atoms with van der Waals surface area (Å²) in [6, 6.07) is 18.6. The monoisotopic (exact) mass is 674 g/mol. The normalized spacial score (nSPS) is 14.5. The van der Waals surface area contributed by atoms with E-state index in [2.05, 4.69) is 6.58 Å². The second kappa shape index (κ2) is 15.0. The van der Waals surface area contributed by atoms with E-state index in [-0.39, 0.29) is 18.8 Å². The number of thioether (sulfide) groups is 1. The van der Waals surface area contributed by atoms with E-state index in [1.807, 2.05) is 79.9 Å². The third-order valence-corrected chi connectivity index (χ3v) is 9.49. The van der Waals surface area contributed by atoms with Crippen molar-refractivity contribution in [2.45, 2.75) is 44.7 Å². The summed E-state index contributed by atoms with van der Waals surface area (Å²) in [5, 5.41) is 0.623. The van der Waals surface area contributed by atoms with E-state index in [0.717, 1.165) is 27.1 Å². The lowest BCUT2D eigenvalue weighted by Gasteiger charge is -2.24. The molecule has 0 saturated heterocycles. The van der Waals surface area contributed by atoms with Gasteiger partial charge in [-0.2, -0.15) is 0 Å². The number of esters is 1. The molecule has 0 N–H and O–H groups in total. The molecule has 1 atom stereocenters. The first kappa shape index (κ1) is 33.3. The van der Waals surface area contributed by atoms with Crippen molar-refractivity contribution < 1.29 is 19.0 Å². The van der Waals surface area contributed by atoms with E-state index in [1.54, 1.807) is 36.3 Å². The first-order valence-electron chi connectivity index (χ1n) is 14.9. The Kier molecular flexibility index (Phi) is 10.9. The SMILES string of the molecule is C=CCc1cc(/C=c2/sc3n(c2=O)[C@H](c2ccc(SC)cc2)C(C(=O)OCC)=C(C)N=3)cc(OCC)c1OCc1ccccc1Cl. The number of allylic oxidation sites excluding steroid dienone is 2. The number of carbonyl (C=O) groups is 1. The number of aromatic nitrogens is 1. The lowest BCUT2D eigenvalue weighted by Crippen LogP contribution is -2.39. The molecule has 0 amide bonds. The Hall–Kier alpha value is -4.05. The van der Waals surface area contributed by atoms with Gasteiger partial charge in [0.05, 0.1) is 35.1 Å². The van der Waals surface area contributed by atoms with Gasteiger partial charge in [-0.3, -0.25) is 9.36 Å². The van der Waals surface area contributed by atoms with Gasteiger partial charge in [-0.05, 0) is 81.0 Å². The highest BCUT2D eigenvalue weighted by atomic mass is 35.5. The van der Waals surface area contributed by atoms with Crippen LogP contribution in [0.1, 0.15) is 49.1 Å². The van der Waals surface area contributed by atoms with Crippen LogP contribution in [0.2, 0.25) is 5.02 Å². The van der Waals surface area contributed by atoms with Gasteiger partial charge in [-0.15, -0.1) is 18.3 Å². The molecule has 0 fully saturated rings. The summed E-state index contributed by atoms with van der Waals surface area (Å²) < 4.78 is 19.8. The highest BCUT2D eigenvalue weighted by molar-refractivity contribution is 7.98. The Morgan fingerprint density at radius 2 is 1.85 bits per heavy atom. The van der Waals surface area contributed by atoms with E-state index in [4.69, 9.17) is 30.8 Å². The quantitative estimate of drug-likeness (QED) is 0.0927. The molecule has 0 aliphatic carbocycles.